The summed E-state index contributed by atoms with van der Waals surface area (Å²) in [6.45, 7) is 1.74. The normalized spacial score (nSPS) is 21.5. The number of aryl methyl sites for hydroxylation is 1. The number of anilines is 1. The number of esters is 1. The van der Waals surface area contributed by atoms with Crippen molar-refractivity contribution in [2.24, 2.45) is 5.92 Å². The summed E-state index contributed by atoms with van der Waals surface area (Å²) in [5.41, 5.74) is 0.618. The largest absolute Gasteiger partial charge is 0.481 e. The maximum Gasteiger partial charge on any atom is 0.376 e. The summed E-state index contributed by atoms with van der Waals surface area (Å²) in [7, 11) is 1.26. The van der Waals surface area contributed by atoms with Crippen LogP contribution in [0.3, 0.4) is 0 Å². The molecule has 1 aromatic rings. The Bertz CT molecular complexity index is 532. The monoisotopic (exact) mass is 279 g/mol. The number of carbonyl (C=O) groups is 2. The van der Waals surface area contributed by atoms with Gasteiger partial charge in [-0.15, -0.1) is 0 Å². The van der Waals surface area contributed by atoms with Gasteiger partial charge < -0.3 is 15.2 Å². The molecule has 2 unspecified atom stereocenters. The summed E-state index contributed by atoms with van der Waals surface area (Å²) in [4.78, 5) is 30.7. The van der Waals surface area contributed by atoms with Gasteiger partial charge in [-0.3, -0.25) is 4.79 Å². The van der Waals surface area contributed by atoms with Gasteiger partial charge in [0.15, 0.2) is 0 Å². The maximum atomic E-state index is 11.5. The zero-order chi connectivity index (χ0) is 14.7. The number of hydrogen-bond donors (Lipinski definition) is 2. The molecule has 20 heavy (non-hydrogen) atoms. The second-order valence-corrected chi connectivity index (χ2v) is 4.84. The molecular weight excluding hydrogens is 262 g/mol. The van der Waals surface area contributed by atoms with Gasteiger partial charge in [-0.25, -0.2) is 14.8 Å². The number of aliphatic carboxylic acids is 1. The molecular formula is C13H17N3O4. The SMILES string of the molecule is COC(=O)c1nc(C)cc(NC2CCCC2C(=O)O)n1. The molecule has 2 atom stereocenters. The van der Waals surface area contributed by atoms with E-state index in [1.165, 1.54) is 7.11 Å². The molecule has 0 radical (unpaired) electrons. The van der Waals surface area contributed by atoms with Crippen molar-refractivity contribution in [3.05, 3.63) is 17.6 Å². The molecule has 1 aromatic heterocycles. The lowest BCUT2D eigenvalue weighted by molar-refractivity contribution is -0.141. The predicted octanol–water partition coefficient (Wildman–Crippen LogP) is 1.24. The van der Waals surface area contributed by atoms with E-state index in [0.29, 0.717) is 17.9 Å². The Balaban J connectivity index is 2.19. The summed E-state index contributed by atoms with van der Waals surface area (Å²) in [6.07, 6.45) is 2.29. The van der Waals surface area contributed by atoms with Crippen LogP contribution in [0.1, 0.15) is 35.6 Å². The molecule has 7 nitrogen and oxygen atoms in total. The topological polar surface area (TPSA) is 101 Å². The Morgan fingerprint density at radius 2 is 2.15 bits per heavy atom. The number of carboxylic acids is 1. The van der Waals surface area contributed by atoms with Crippen LogP contribution >= 0.6 is 0 Å². The van der Waals surface area contributed by atoms with Crippen LogP contribution in [-0.4, -0.2) is 40.2 Å². The number of carbonyl (C=O) groups excluding carboxylic acids is 1. The molecule has 0 bridgehead atoms. The molecule has 0 aliphatic heterocycles. The molecule has 1 aliphatic carbocycles. The average Bonchev–Trinajstić information content (AvgIpc) is 2.85. The third kappa shape index (κ3) is 3.04. The number of ether oxygens (including phenoxy) is 1. The lowest BCUT2D eigenvalue weighted by Gasteiger charge is -2.18. The van der Waals surface area contributed by atoms with Crippen molar-refractivity contribution in [1.29, 1.82) is 0 Å². The van der Waals surface area contributed by atoms with Crippen LogP contribution in [0.25, 0.3) is 0 Å². The van der Waals surface area contributed by atoms with Gasteiger partial charge in [-0.2, -0.15) is 0 Å². The van der Waals surface area contributed by atoms with Crippen molar-refractivity contribution in [3.63, 3.8) is 0 Å². The highest BCUT2D eigenvalue weighted by atomic mass is 16.5. The Labute approximate surface area is 116 Å². The van der Waals surface area contributed by atoms with Crippen LogP contribution in [0.5, 0.6) is 0 Å². The minimum absolute atomic E-state index is 0.0279. The lowest BCUT2D eigenvalue weighted by atomic mass is 10.0. The molecule has 0 amide bonds. The van der Waals surface area contributed by atoms with Crippen molar-refractivity contribution < 1.29 is 19.4 Å². The summed E-state index contributed by atoms with van der Waals surface area (Å²) in [5, 5.41) is 12.2. The molecule has 1 aliphatic rings. The molecule has 0 saturated heterocycles. The van der Waals surface area contributed by atoms with E-state index in [1.807, 2.05) is 0 Å². The van der Waals surface area contributed by atoms with Gasteiger partial charge in [-0.05, 0) is 19.8 Å². The van der Waals surface area contributed by atoms with Crippen molar-refractivity contribution >= 4 is 17.8 Å². The van der Waals surface area contributed by atoms with E-state index < -0.39 is 17.9 Å². The standard InChI is InChI=1S/C13H17N3O4/c1-7-6-10(16-11(14-7)13(19)20-2)15-9-5-3-4-8(9)12(17)18/h6,8-9H,3-5H2,1-2H3,(H,17,18)(H,14,15,16). The van der Waals surface area contributed by atoms with Crippen LogP contribution in [0.4, 0.5) is 5.82 Å². The Morgan fingerprint density at radius 1 is 1.40 bits per heavy atom. The van der Waals surface area contributed by atoms with E-state index in [0.717, 1.165) is 12.8 Å². The van der Waals surface area contributed by atoms with Crippen molar-refractivity contribution in [3.8, 4) is 0 Å². The molecule has 1 heterocycles. The van der Waals surface area contributed by atoms with E-state index in [9.17, 15) is 9.59 Å². The van der Waals surface area contributed by atoms with Crippen LogP contribution in [0.15, 0.2) is 6.07 Å². The molecule has 7 heteroatoms. The second kappa shape index (κ2) is 5.85. The number of hydrogen-bond acceptors (Lipinski definition) is 6. The smallest absolute Gasteiger partial charge is 0.376 e. The number of methoxy groups -OCH3 is 1. The Kier molecular flexibility index (Phi) is 4.16. The van der Waals surface area contributed by atoms with Crippen LogP contribution in [0, 0.1) is 12.8 Å². The number of nitrogens with one attached hydrogen (secondary N) is 1. The highest BCUT2D eigenvalue weighted by Crippen LogP contribution is 2.28. The zero-order valence-corrected chi connectivity index (χ0v) is 11.4. The molecule has 108 valence electrons. The first-order chi connectivity index (χ1) is 9.51. The van der Waals surface area contributed by atoms with Crippen molar-refractivity contribution in [1.82, 2.24) is 9.97 Å². The van der Waals surface area contributed by atoms with E-state index in [4.69, 9.17) is 5.11 Å². The van der Waals surface area contributed by atoms with Crippen LogP contribution in [0.2, 0.25) is 0 Å². The summed E-state index contributed by atoms with van der Waals surface area (Å²) >= 11 is 0. The number of rotatable bonds is 4. The van der Waals surface area contributed by atoms with Gasteiger partial charge in [0.1, 0.15) is 5.82 Å². The van der Waals surface area contributed by atoms with Crippen molar-refractivity contribution in [2.75, 3.05) is 12.4 Å². The lowest BCUT2D eigenvalue weighted by Crippen LogP contribution is -2.30. The minimum atomic E-state index is -0.807. The molecule has 2 N–H and O–H groups in total. The van der Waals surface area contributed by atoms with Gasteiger partial charge in [0.05, 0.1) is 13.0 Å². The fourth-order valence-corrected chi connectivity index (χ4v) is 2.44. The van der Waals surface area contributed by atoms with Gasteiger partial charge in [0.25, 0.3) is 0 Å². The predicted molar refractivity (Wildman–Crippen MR) is 70.5 cm³/mol. The van der Waals surface area contributed by atoms with Crippen molar-refractivity contribution in [2.45, 2.75) is 32.2 Å². The summed E-state index contributed by atoms with van der Waals surface area (Å²) < 4.78 is 4.59. The average molecular weight is 279 g/mol. The highest BCUT2D eigenvalue weighted by molar-refractivity contribution is 5.85. The third-order valence-corrected chi connectivity index (χ3v) is 3.39. The van der Waals surface area contributed by atoms with E-state index in [-0.39, 0.29) is 11.9 Å². The molecule has 1 saturated carbocycles. The first-order valence-corrected chi connectivity index (χ1v) is 6.44. The number of aromatic nitrogens is 2. The zero-order valence-electron chi connectivity index (χ0n) is 11.4. The van der Waals surface area contributed by atoms with E-state index in [2.05, 4.69) is 20.0 Å². The second-order valence-electron chi connectivity index (χ2n) is 4.84. The molecule has 0 aromatic carbocycles. The fourth-order valence-electron chi connectivity index (χ4n) is 2.44. The summed E-state index contributed by atoms with van der Waals surface area (Å²) in [6, 6.07) is 1.51. The highest BCUT2D eigenvalue weighted by Gasteiger charge is 2.33. The minimum Gasteiger partial charge on any atom is -0.481 e. The van der Waals surface area contributed by atoms with Crippen LogP contribution in [-0.2, 0) is 9.53 Å². The van der Waals surface area contributed by atoms with Gasteiger partial charge in [-0.1, -0.05) is 6.42 Å². The van der Waals surface area contributed by atoms with Gasteiger partial charge >= 0.3 is 11.9 Å². The molecule has 1 fully saturated rings. The summed E-state index contributed by atoms with van der Waals surface area (Å²) in [5.74, 6) is -1.42. The molecule has 2 rings (SSSR count). The van der Waals surface area contributed by atoms with E-state index >= 15 is 0 Å². The first kappa shape index (κ1) is 14.2. The number of carboxylic acid groups (broad SMARTS) is 1. The van der Waals surface area contributed by atoms with Gasteiger partial charge in [0, 0.05) is 17.8 Å². The van der Waals surface area contributed by atoms with E-state index in [1.54, 1.807) is 13.0 Å². The van der Waals surface area contributed by atoms with Gasteiger partial charge in [0.2, 0.25) is 5.82 Å². The van der Waals surface area contributed by atoms with Crippen LogP contribution < -0.4 is 5.32 Å². The maximum absolute atomic E-state index is 11.5. The fraction of sp³-hybridized carbons (Fsp3) is 0.538. The Hall–Kier alpha value is -2.18. The number of nitrogens with zero attached hydrogens (tertiary/aromatic N) is 2. The quantitative estimate of drug-likeness (QED) is 0.799. The first-order valence-electron chi connectivity index (χ1n) is 6.44. The third-order valence-electron chi connectivity index (χ3n) is 3.39. The molecule has 0 spiro atoms. The Morgan fingerprint density at radius 3 is 2.80 bits per heavy atom.